The van der Waals surface area contributed by atoms with Gasteiger partial charge in [-0.2, -0.15) is 0 Å². The predicted molar refractivity (Wildman–Crippen MR) is 102 cm³/mol. The average molecular weight is 414 g/mol. The number of nitrogens with one attached hydrogen (secondary N) is 1. The molecule has 3 heterocycles. The lowest BCUT2D eigenvalue weighted by Crippen LogP contribution is -2.39. The van der Waals surface area contributed by atoms with Crippen LogP contribution < -0.4 is 10.8 Å². The number of rotatable bonds is 8. The van der Waals surface area contributed by atoms with Crippen molar-refractivity contribution in [1.29, 1.82) is 0 Å². The van der Waals surface area contributed by atoms with Gasteiger partial charge in [-0.25, -0.2) is 20.0 Å². The van der Waals surface area contributed by atoms with Crippen molar-refractivity contribution in [3.63, 3.8) is 0 Å². The van der Waals surface area contributed by atoms with Gasteiger partial charge in [0.05, 0.1) is 25.0 Å². The maximum Gasteiger partial charge on any atom is 0.292 e. The first-order valence-corrected chi connectivity index (χ1v) is 11.1. The molecule has 0 spiro atoms. The number of ether oxygens (including phenoxy) is 3. The molecule has 0 saturated carbocycles. The second-order valence-electron chi connectivity index (χ2n) is 6.87. The highest BCUT2D eigenvalue weighted by Gasteiger charge is 2.28. The summed E-state index contributed by atoms with van der Waals surface area (Å²) in [4.78, 5) is 22.5. The van der Waals surface area contributed by atoms with Gasteiger partial charge in [0.15, 0.2) is 17.8 Å². The Kier molecular flexibility index (Phi) is 6.97. The number of hydrogen-bond acceptors (Lipinski definition) is 8. The summed E-state index contributed by atoms with van der Waals surface area (Å²) in [6, 6.07) is -0.440. The molecule has 2 aromatic rings. The van der Waals surface area contributed by atoms with Gasteiger partial charge in [-0.3, -0.25) is 4.57 Å². The molecule has 2 aromatic heterocycles. The van der Waals surface area contributed by atoms with Crippen LogP contribution in [0, 0.1) is 0 Å². The van der Waals surface area contributed by atoms with Gasteiger partial charge in [-0.15, -0.1) is 0 Å². The highest BCUT2D eigenvalue weighted by atomic mass is 31.2. The topological polar surface area (TPSA) is 147 Å². The Balaban J connectivity index is 1.51. The molecule has 0 aromatic carbocycles. The van der Waals surface area contributed by atoms with E-state index in [9.17, 15) is 9.46 Å². The molecule has 156 valence electrons. The normalized spacial score (nSPS) is 20.5. The quantitative estimate of drug-likeness (QED) is 0.536. The van der Waals surface area contributed by atoms with Crippen molar-refractivity contribution in [3.05, 3.63) is 12.7 Å². The minimum atomic E-state index is -3.73. The van der Waals surface area contributed by atoms with E-state index in [0.717, 1.165) is 12.8 Å². The number of nitrogens with zero attached hydrogens (tertiary/aromatic N) is 4. The summed E-state index contributed by atoms with van der Waals surface area (Å²) >= 11 is 0. The van der Waals surface area contributed by atoms with Crippen molar-refractivity contribution >= 4 is 24.5 Å². The molecule has 0 bridgehead atoms. The zero-order valence-corrected chi connectivity index (χ0v) is 16.9. The SMILES string of the molecule is C[C@@H](Cn1cnc2c(N)ncnc21)OCP(=O)(O)N[C@H](C)C1OCCCCO1. The molecular formula is C16H27N6O5P. The number of aromatic nitrogens is 4. The van der Waals surface area contributed by atoms with Crippen LogP contribution in [0.4, 0.5) is 5.82 Å². The first-order chi connectivity index (χ1) is 13.4. The minimum absolute atomic E-state index is 0.304. The number of nitrogens with two attached hydrogens (primary N) is 1. The van der Waals surface area contributed by atoms with Crippen molar-refractivity contribution in [2.45, 2.75) is 51.7 Å². The van der Waals surface area contributed by atoms with E-state index in [4.69, 9.17) is 19.9 Å². The van der Waals surface area contributed by atoms with E-state index in [1.165, 1.54) is 6.33 Å². The van der Waals surface area contributed by atoms with E-state index >= 15 is 0 Å². The Hall–Kier alpha value is -1.62. The van der Waals surface area contributed by atoms with Crippen LogP contribution in [0.1, 0.15) is 26.7 Å². The first-order valence-electron chi connectivity index (χ1n) is 9.21. The van der Waals surface area contributed by atoms with Crippen LogP contribution in [-0.2, 0) is 25.3 Å². The lowest BCUT2D eigenvalue weighted by atomic mass is 10.3. The third-order valence-corrected chi connectivity index (χ3v) is 5.64. The monoisotopic (exact) mass is 414 g/mol. The largest absolute Gasteiger partial charge is 0.382 e. The first kappa shape index (κ1) is 21.1. The van der Waals surface area contributed by atoms with Crippen molar-refractivity contribution in [1.82, 2.24) is 24.6 Å². The Morgan fingerprint density at radius 2 is 2.07 bits per heavy atom. The zero-order valence-electron chi connectivity index (χ0n) is 16.0. The number of hydrogen-bond donors (Lipinski definition) is 3. The van der Waals surface area contributed by atoms with Crippen molar-refractivity contribution in [2.24, 2.45) is 0 Å². The number of nitrogen functional groups attached to an aromatic ring is 1. The molecule has 0 aliphatic carbocycles. The van der Waals surface area contributed by atoms with E-state index in [-0.39, 0.29) is 12.5 Å². The average Bonchev–Trinajstić information content (AvgIpc) is 2.87. The van der Waals surface area contributed by atoms with Crippen molar-refractivity contribution in [2.75, 3.05) is 25.3 Å². The maximum atomic E-state index is 12.5. The lowest BCUT2D eigenvalue weighted by Gasteiger charge is -2.26. The van der Waals surface area contributed by atoms with Gasteiger partial charge in [-0.1, -0.05) is 0 Å². The second-order valence-corrected chi connectivity index (χ2v) is 8.79. The molecule has 1 aliphatic rings. The fraction of sp³-hybridized carbons (Fsp3) is 0.688. The third kappa shape index (κ3) is 5.47. The highest BCUT2D eigenvalue weighted by Crippen LogP contribution is 2.37. The van der Waals surface area contributed by atoms with Gasteiger partial charge in [0.1, 0.15) is 18.2 Å². The lowest BCUT2D eigenvalue weighted by molar-refractivity contribution is -0.138. The summed E-state index contributed by atoms with van der Waals surface area (Å²) in [7, 11) is -3.73. The van der Waals surface area contributed by atoms with Gasteiger partial charge in [0.25, 0.3) is 7.52 Å². The predicted octanol–water partition coefficient (Wildman–Crippen LogP) is 1.09. The third-order valence-electron chi connectivity index (χ3n) is 4.33. The van der Waals surface area contributed by atoms with E-state index in [1.807, 2.05) is 0 Å². The zero-order chi connectivity index (χ0) is 20.1. The standard InChI is InChI=1S/C16H27N6O5P/c1-11(7-22-9-20-13-14(17)18-8-19-15(13)22)27-10-28(23,24)21-12(2)16-25-5-3-4-6-26-16/h8-9,11-12,16H,3-7,10H2,1-2H3,(H2,17,18,19)(H2,21,23,24)/t11-,12+/m0/s1. The van der Waals surface area contributed by atoms with Crippen LogP contribution in [-0.4, -0.2) is 62.4 Å². The summed E-state index contributed by atoms with van der Waals surface area (Å²) in [6.07, 6.45) is 3.55. The van der Waals surface area contributed by atoms with Crippen LogP contribution in [0.15, 0.2) is 12.7 Å². The van der Waals surface area contributed by atoms with E-state index < -0.39 is 19.9 Å². The molecule has 3 rings (SSSR count). The van der Waals surface area contributed by atoms with E-state index in [1.54, 1.807) is 24.7 Å². The molecule has 11 nitrogen and oxygen atoms in total. The fourth-order valence-corrected chi connectivity index (χ4v) is 4.24. The molecular weight excluding hydrogens is 387 g/mol. The summed E-state index contributed by atoms with van der Waals surface area (Å²) in [5, 5.41) is 2.68. The van der Waals surface area contributed by atoms with Crippen LogP contribution in [0.5, 0.6) is 0 Å². The van der Waals surface area contributed by atoms with Crippen molar-refractivity contribution in [3.8, 4) is 0 Å². The molecule has 1 aliphatic heterocycles. The van der Waals surface area contributed by atoms with Crippen LogP contribution in [0.25, 0.3) is 11.2 Å². The molecule has 0 amide bonds. The number of imidazole rings is 1. The van der Waals surface area contributed by atoms with Gasteiger partial charge in [0, 0.05) is 13.2 Å². The number of anilines is 1. The van der Waals surface area contributed by atoms with Gasteiger partial charge in [0.2, 0.25) is 0 Å². The molecule has 4 N–H and O–H groups in total. The summed E-state index contributed by atoms with van der Waals surface area (Å²) in [6.45, 7) is 5.11. The Morgan fingerprint density at radius 3 is 2.79 bits per heavy atom. The van der Waals surface area contributed by atoms with E-state index in [2.05, 4.69) is 20.0 Å². The van der Waals surface area contributed by atoms with Crippen LogP contribution >= 0.6 is 7.52 Å². The minimum Gasteiger partial charge on any atom is -0.382 e. The molecule has 1 saturated heterocycles. The molecule has 0 radical (unpaired) electrons. The van der Waals surface area contributed by atoms with Gasteiger partial charge < -0.3 is 29.4 Å². The maximum absolute atomic E-state index is 12.5. The molecule has 12 heteroatoms. The van der Waals surface area contributed by atoms with Gasteiger partial charge in [-0.05, 0) is 26.7 Å². The Labute approximate surface area is 163 Å². The van der Waals surface area contributed by atoms with Crippen LogP contribution in [0.2, 0.25) is 0 Å². The Morgan fingerprint density at radius 1 is 1.36 bits per heavy atom. The molecule has 1 fully saturated rings. The summed E-state index contributed by atoms with van der Waals surface area (Å²) in [5.41, 5.74) is 6.88. The highest BCUT2D eigenvalue weighted by molar-refractivity contribution is 7.55. The second kappa shape index (κ2) is 9.25. The molecule has 3 atom stereocenters. The number of fused-ring (bicyclic) bond motifs is 1. The van der Waals surface area contributed by atoms with Gasteiger partial charge >= 0.3 is 0 Å². The smallest absolute Gasteiger partial charge is 0.292 e. The van der Waals surface area contributed by atoms with E-state index in [0.29, 0.717) is 36.7 Å². The Bertz CT molecular complexity index is 825. The molecule has 1 unspecified atom stereocenters. The van der Waals surface area contributed by atoms with Crippen LogP contribution in [0.3, 0.4) is 0 Å². The van der Waals surface area contributed by atoms with Crippen molar-refractivity contribution < 1.29 is 23.7 Å². The summed E-state index contributed by atoms with van der Waals surface area (Å²) in [5.74, 6) is 0.304. The molecule has 28 heavy (non-hydrogen) atoms. The summed E-state index contributed by atoms with van der Waals surface area (Å²) < 4.78 is 31.0. The fourth-order valence-electron chi connectivity index (χ4n) is 2.95.